The summed E-state index contributed by atoms with van der Waals surface area (Å²) in [7, 11) is 0. The third kappa shape index (κ3) is 5.39. The van der Waals surface area contributed by atoms with Crippen molar-refractivity contribution in [1.29, 1.82) is 10.5 Å². The Balaban J connectivity index is 1.60. The van der Waals surface area contributed by atoms with Gasteiger partial charge in [0, 0.05) is 30.2 Å². The lowest BCUT2D eigenvalue weighted by molar-refractivity contribution is 0.403. The topological polar surface area (TPSA) is 115 Å². The summed E-state index contributed by atoms with van der Waals surface area (Å²) in [6.07, 6.45) is 5.55. The summed E-state index contributed by atoms with van der Waals surface area (Å²) in [6, 6.07) is 12.1. The predicted octanol–water partition coefficient (Wildman–Crippen LogP) is 6.38. The maximum absolute atomic E-state index is 13.8. The first kappa shape index (κ1) is 24.1. The van der Waals surface area contributed by atoms with Crippen molar-refractivity contribution in [1.82, 2.24) is 20.0 Å². The number of hydrogen-bond donors (Lipinski definition) is 2. The first-order valence-corrected chi connectivity index (χ1v) is 12.6. The Bertz CT molecular complexity index is 1620. The third-order valence-corrected chi connectivity index (χ3v) is 6.72. The lowest BCUT2D eigenvalue weighted by atomic mass is 9.90. The summed E-state index contributed by atoms with van der Waals surface area (Å²) in [5.41, 5.74) is 2.29. The highest BCUT2D eigenvalue weighted by molar-refractivity contribution is 6.35. The Hall–Kier alpha value is -4.21. The van der Waals surface area contributed by atoms with Crippen LogP contribution >= 0.6 is 11.6 Å². The van der Waals surface area contributed by atoms with Gasteiger partial charge in [0.1, 0.15) is 17.6 Å². The van der Waals surface area contributed by atoms with Crippen LogP contribution in [0, 0.1) is 33.9 Å². The molecule has 2 aromatic carbocycles. The van der Waals surface area contributed by atoms with E-state index in [9.17, 15) is 16.3 Å². The van der Waals surface area contributed by atoms with Crippen LogP contribution in [0.4, 0.5) is 15.8 Å². The summed E-state index contributed by atoms with van der Waals surface area (Å²) < 4.78 is 25.0. The number of rotatable bonds is 9. The van der Waals surface area contributed by atoms with Crippen molar-refractivity contribution in [3.8, 4) is 12.1 Å². The van der Waals surface area contributed by atoms with Crippen LogP contribution in [-0.4, -0.2) is 26.5 Å². The molecule has 1 saturated carbocycles. The van der Waals surface area contributed by atoms with Gasteiger partial charge in [-0.15, -0.1) is 5.10 Å². The molecule has 38 heavy (non-hydrogen) atoms. The molecule has 1 aliphatic carbocycles. The number of halogens is 2. The Labute approximate surface area is 226 Å². The van der Waals surface area contributed by atoms with Gasteiger partial charge >= 0.3 is 0 Å². The molecule has 0 spiro atoms. The molecule has 1 atom stereocenters. The fourth-order valence-electron chi connectivity index (χ4n) is 4.16. The van der Waals surface area contributed by atoms with Gasteiger partial charge in [0.2, 0.25) is 0 Å². The first-order valence-electron chi connectivity index (χ1n) is 12.7. The second-order valence-corrected chi connectivity index (χ2v) is 10.6. The molecule has 0 amide bonds. The molecule has 2 N–H and O–H groups in total. The van der Waals surface area contributed by atoms with Gasteiger partial charge in [-0.2, -0.15) is 10.5 Å². The normalized spacial score (nSPS) is 15.3. The third-order valence-electron chi connectivity index (χ3n) is 6.44. The number of anilines is 2. The molecule has 4 aromatic rings. The van der Waals surface area contributed by atoms with Gasteiger partial charge in [0.15, 0.2) is 0 Å². The molecule has 0 bridgehead atoms. The van der Waals surface area contributed by atoms with E-state index in [4.69, 9.17) is 11.6 Å². The number of nitrogens with one attached hydrogen (secondary N) is 2. The van der Waals surface area contributed by atoms with E-state index < -0.39 is 11.8 Å². The van der Waals surface area contributed by atoms with Crippen LogP contribution in [0.5, 0.6) is 0 Å². The molecule has 2 aromatic heterocycles. The number of nitriles is 2. The fourth-order valence-corrected chi connectivity index (χ4v) is 4.43. The van der Waals surface area contributed by atoms with Crippen molar-refractivity contribution in [2.75, 3.05) is 17.2 Å². The summed E-state index contributed by atoms with van der Waals surface area (Å²) in [6.45, 7) is 4.36. The van der Waals surface area contributed by atoms with E-state index in [2.05, 4.69) is 38.1 Å². The zero-order valence-electron chi connectivity index (χ0n) is 22.0. The molecule has 10 heteroatoms. The molecule has 0 radical (unpaired) electrons. The van der Waals surface area contributed by atoms with Gasteiger partial charge in [-0.25, -0.2) is 9.07 Å². The number of fused-ring (bicyclic) bond motifs is 1. The van der Waals surface area contributed by atoms with Crippen molar-refractivity contribution in [3.63, 3.8) is 0 Å². The maximum Gasteiger partial charge on any atom is 0.123 e. The molecule has 0 unspecified atom stereocenters. The van der Waals surface area contributed by atoms with Gasteiger partial charge in [0.25, 0.3) is 0 Å². The lowest BCUT2D eigenvalue weighted by Crippen LogP contribution is -2.23. The van der Waals surface area contributed by atoms with E-state index in [1.807, 2.05) is 13.8 Å². The number of benzene rings is 2. The molecule has 2 heterocycles. The Morgan fingerprint density at radius 2 is 2.03 bits per heavy atom. The maximum atomic E-state index is 13.8. The van der Waals surface area contributed by atoms with Crippen LogP contribution in [0.1, 0.15) is 63.4 Å². The molecule has 5 rings (SSSR count). The minimum Gasteiger partial charge on any atom is -0.383 e. The highest BCUT2D eigenvalue weighted by atomic mass is 35.5. The van der Waals surface area contributed by atoms with Crippen molar-refractivity contribution in [2.45, 2.75) is 45.2 Å². The molecule has 0 aliphatic heterocycles. The molecule has 1 fully saturated rings. The molecule has 192 valence electrons. The Morgan fingerprint density at radius 1 is 1.26 bits per heavy atom. The number of pyridine rings is 1. The quantitative estimate of drug-likeness (QED) is 0.258. The van der Waals surface area contributed by atoms with E-state index in [0.29, 0.717) is 57.1 Å². The molecular weight excluding hydrogens is 503 g/mol. The summed E-state index contributed by atoms with van der Waals surface area (Å²) in [5, 5.41) is 35.0. The van der Waals surface area contributed by atoms with Gasteiger partial charge < -0.3 is 10.6 Å². The molecular formula is C28H26ClFN8. The van der Waals surface area contributed by atoms with Gasteiger partial charge in [-0.05, 0) is 48.1 Å². The molecule has 0 saturated heterocycles. The number of nitrogens with zero attached hydrogens (tertiary/aromatic N) is 6. The van der Waals surface area contributed by atoms with Crippen LogP contribution in [0.3, 0.4) is 0 Å². The second-order valence-electron chi connectivity index (χ2n) is 10.2. The van der Waals surface area contributed by atoms with Crippen LogP contribution in [0.15, 0.2) is 48.8 Å². The van der Waals surface area contributed by atoms with Crippen molar-refractivity contribution in [2.24, 2.45) is 5.41 Å². The van der Waals surface area contributed by atoms with Crippen LogP contribution < -0.4 is 10.6 Å². The van der Waals surface area contributed by atoms with Crippen molar-refractivity contribution < 1.29 is 5.76 Å². The summed E-state index contributed by atoms with van der Waals surface area (Å²) in [4.78, 5) is 4.40. The fraction of sp³-hybridized carbons (Fsp3) is 0.321. The zero-order chi connectivity index (χ0) is 27.8. The van der Waals surface area contributed by atoms with E-state index in [1.54, 1.807) is 23.0 Å². The first-order chi connectivity index (χ1) is 18.6. The average molecular weight is 530 g/mol. The average Bonchev–Trinajstić information content (AvgIpc) is 3.63. The Kier molecular flexibility index (Phi) is 6.53. The largest absolute Gasteiger partial charge is 0.383 e. The highest BCUT2D eigenvalue weighted by Crippen LogP contribution is 2.37. The number of hydrogen-bond acceptors (Lipinski definition) is 7. The summed E-state index contributed by atoms with van der Waals surface area (Å²) >= 11 is 6.67. The molecule has 1 aliphatic rings. The summed E-state index contributed by atoms with van der Waals surface area (Å²) in [5.74, 6) is -0.415. The minimum atomic E-state index is -1.62. The predicted molar refractivity (Wildman–Crippen MR) is 144 cm³/mol. The molecule has 8 nitrogen and oxygen atoms in total. The second kappa shape index (κ2) is 10.3. The van der Waals surface area contributed by atoms with Crippen molar-refractivity contribution >= 4 is 33.9 Å². The van der Waals surface area contributed by atoms with Crippen LogP contribution in [0.2, 0.25) is 5.02 Å². The Morgan fingerprint density at radius 3 is 2.71 bits per heavy atom. The number of aromatic nitrogens is 4. The van der Waals surface area contributed by atoms with E-state index in [1.165, 1.54) is 30.5 Å². The van der Waals surface area contributed by atoms with Crippen LogP contribution in [-0.2, 0) is 0 Å². The van der Waals surface area contributed by atoms with Gasteiger partial charge in [-0.1, -0.05) is 42.8 Å². The van der Waals surface area contributed by atoms with E-state index >= 15 is 0 Å². The van der Waals surface area contributed by atoms with Gasteiger partial charge in [-0.3, -0.25) is 4.98 Å². The van der Waals surface area contributed by atoms with E-state index in [-0.39, 0.29) is 11.5 Å². The minimum absolute atomic E-state index is 0.272. The monoisotopic (exact) mass is 529 g/mol. The van der Waals surface area contributed by atoms with E-state index in [0.717, 1.165) is 12.8 Å². The zero-order valence-corrected chi connectivity index (χ0v) is 21.7. The standard InChI is InChI=1S/C28H26ClFN8/c1-28(2,9-10-31)16-34-25-18(13-32)14-33-27-22(25)11-20(12-23(27)29)35-26(17-3-5-19(30)6-4-17)24-15-38(37-36-24)21-7-8-21/h3-6,11-12,14-15,21,26,35H,7-9,16H2,1-2H3,(H,33,34)/t26-/m0/s1/i26D. The van der Waals surface area contributed by atoms with Crippen molar-refractivity contribution in [3.05, 3.63) is 76.5 Å². The van der Waals surface area contributed by atoms with Crippen LogP contribution in [0.25, 0.3) is 10.9 Å². The smallest absolute Gasteiger partial charge is 0.123 e. The highest BCUT2D eigenvalue weighted by Gasteiger charge is 2.27. The van der Waals surface area contributed by atoms with Gasteiger partial charge in [0.05, 0.1) is 47.5 Å². The lowest BCUT2D eigenvalue weighted by Gasteiger charge is -2.24. The SMILES string of the molecule is [2H][C@](Nc1cc(Cl)c2ncc(C#N)c(NCC(C)(C)CC#N)c2c1)(c1ccc(F)cc1)c1cn(C2CC2)nn1.